The summed E-state index contributed by atoms with van der Waals surface area (Å²) in [5.41, 5.74) is 6.74. The molecule has 1 amide bonds. The standard InChI is InChI=1S/C11H15BrN2O2/c1-7(6-16-2)14-11(15)8-3-9(12)5-10(13)4-8/h3-5,7H,6,13H2,1-2H3,(H,14,15)/t7-/m0/s1. The van der Waals surface area contributed by atoms with Crippen LogP contribution in [0, 0.1) is 0 Å². The lowest BCUT2D eigenvalue weighted by molar-refractivity contribution is 0.0905. The number of hydrogen-bond donors (Lipinski definition) is 2. The summed E-state index contributed by atoms with van der Waals surface area (Å²) < 4.78 is 5.73. The Hall–Kier alpha value is -1.07. The second kappa shape index (κ2) is 5.86. The predicted octanol–water partition coefficient (Wildman–Crippen LogP) is 1.80. The van der Waals surface area contributed by atoms with Gasteiger partial charge in [0.25, 0.3) is 5.91 Å². The van der Waals surface area contributed by atoms with Crippen LogP contribution in [0.25, 0.3) is 0 Å². The number of hydrogen-bond acceptors (Lipinski definition) is 3. The Morgan fingerprint density at radius 1 is 1.56 bits per heavy atom. The average molecular weight is 287 g/mol. The molecule has 4 nitrogen and oxygen atoms in total. The van der Waals surface area contributed by atoms with Crippen LogP contribution in [0.5, 0.6) is 0 Å². The average Bonchev–Trinajstić information content (AvgIpc) is 2.16. The number of rotatable bonds is 4. The van der Waals surface area contributed by atoms with Crippen LogP contribution in [0.2, 0.25) is 0 Å². The number of benzene rings is 1. The van der Waals surface area contributed by atoms with E-state index in [0.29, 0.717) is 17.9 Å². The van der Waals surface area contributed by atoms with Crippen LogP contribution in [0.15, 0.2) is 22.7 Å². The summed E-state index contributed by atoms with van der Waals surface area (Å²) in [5, 5.41) is 2.81. The molecule has 0 spiro atoms. The van der Waals surface area contributed by atoms with Gasteiger partial charge in [-0.25, -0.2) is 0 Å². The van der Waals surface area contributed by atoms with Crippen LogP contribution in [-0.2, 0) is 4.74 Å². The molecule has 0 saturated heterocycles. The van der Waals surface area contributed by atoms with Gasteiger partial charge in [0.05, 0.1) is 6.61 Å². The minimum absolute atomic E-state index is 0.0299. The Balaban J connectivity index is 2.72. The number of carbonyl (C=O) groups is 1. The Morgan fingerprint density at radius 2 is 2.25 bits per heavy atom. The van der Waals surface area contributed by atoms with Crippen molar-refractivity contribution in [1.82, 2.24) is 5.32 Å². The molecule has 0 aliphatic heterocycles. The molecule has 1 aromatic rings. The van der Waals surface area contributed by atoms with E-state index < -0.39 is 0 Å². The molecule has 1 rings (SSSR count). The fourth-order valence-corrected chi connectivity index (χ4v) is 1.85. The number of halogens is 1. The first-order valence-corrected chi connectivity index (χ1v) is 5.68. The highest BCUT2D eigenvalue weighted by Crippen LogP contribution is 2.17. The van der Waals surface area contributed by atoms with E-state index in [9.17, 15) is 4.79 Å². The third kappa shape index (κ3) is 3.83. The second-order valence-corrected chi connectivity index (χ2v) is 4.52. The maximum absolute atomic E-state index is 11.8. The summed E-state index contributed by atoms with van der Waals surface area (Å²) in [6.07, 6.45) is 0. The van der Waals surface area contributed by atoms with Gasteiger partial charge in [-0.3, -0.25) is 4.79 Å². The van der Waals surface area contributed by atoms with Crippen molar-refractivity contribution in [3.8, 4) is 0 Å². The highest BCUT2D eigenvalue weighted by molar-refractivity contribution is 9.10. The van der Waals surface area contributed by atoms with E-state index in [0.717, 1.165) is 4.47 Å². The molecule has 0 radical (unpaired) electrons. The largest absolute Gasteiger partial charge is 0.399 e. The third-order valence-electron chi connectivity index (χ3n) is 1.98. The fraction of sp³-hybridized carbons (Fsp3) is 0.364. The molecule has 1 atom stereocenters. The Labute approximate surface area is 103 Å². The molecule has 0 bridgehead atoms. The topological polar surface area (TPSA) is 64.3 Å². The smallest absolute Gasteiger partial charge is 0.251 e. The minimum atomic E-state index is -0.155. The number of nitrogen functional groups attached to an aromatic ring is 1. The molecular formula is C11H15BrN2O2. The second-order valence-electron chi connectivity index (χ2n) is 3.60. The number of carbonyl (C=O) groups excluding carboxylic acids is 1. The first-order chi connectivity index (χ1) is 7.52. The van der Waals surface area contributed by atoms with Crippen molar-refractivity contribution in [3.63, 3.8) is 0 Å². The minimum Gasteiger partial charge on any atom is -0.399 e. The molecule has 0 aromatic heterocycles. The molecule has 5 heteroatoms. The van der Waals surface area contributed by atoms with Crippen molar-refractivity contribution in [2.24, 2.45) is 0 Å². The van der Waals surface area contributed by atoms with E-state index in [1.165, 1.54) is 0 Å². The van der Waals surface area contributed by atoms with Crippen molar-refractivity contribution in [3.05, 3.63) is 28.2 Å². The van der Waals surface area contributed by atoms with E-state index in [2.05, 4.69) is 21.2 Å². The molecular weight excluding hydrogens is 272 g/mol. The number of ether oxygens (including phenoxy) is 1. The molecule has 0 aliphatic rings. The summed E-state index contributed by atoms with van der Waals surface area (Å²) in [5.74, 6) is -0.155. The van der Waals surface area contributed by atoms with Gasteiger partial charge in [-0.05, 0) is 25.1 Å². The van der Waals surface area contributed by atoms with Gasteiger partial charge in [0.1, 0.15) is 0 Å². The zero-order chi connectivity index (χ0) is 12.1. The maximum Gasteiger partial charge on any atom is 0.251 e. The van der Waals surface area contributed by atoms with Crippen LogP contribution in [0.1, 0.15) is 17.3 Å². The summed E-state index contributed by atoms with van der Waals surface area (Å²) in [6, 6.07) is 5.08. The summed E-state index contributed by atoms with van der Waals surface area (Å²) >= 11 is 3.29. The van der Waals surface area contributed by atoms with E-state index in [1.54, 1.807) is 25.3 Å². The highest BCUT2D eigenvalue weighted by Gasteiger charge is 2.10. The maximum atomic E-state index is 11.8. The SMILES string of the molecule is COC[C@H](C)NC(=O)c1cc(N)cc(Br)c1. The fourth-order valence-electron chi connectivity index (χ4n) is 1.34. The number of methoxy groups -OCH3 is 1. The van der Waals surface area contributed by atoms with Crippen molar-refractivity contribution in [2.75, 3.05) is 19.5 Å². The number of amides is 1. The molecule has 16 heavy (non-hydrogen) atoms. The van der Waals surface area contributed by atoms with Gasteiger partial charge >= 0.3 is 0 Å². The molecule has 3 N–H and O–H groups in total. The monoisotopic (exact) mass is 286 g/mol. The van der Waals surface area contributed by atoms with Crippen LogP contribution < -0.4 is 11.1 Å². The van der Waals surface area contributed by atoms with E-state index in [-0.39, 0.29) is 11.9 Å². The van der Waals surface area contributed by atoms with Gasteiger partial charge in [0, 0.05) is 28.9 Å². The lowest BCUT2D eigenvalue weighted by atomic mass is 10.2. The quantitative estimate of drug-likeness (QED) is 0.830. The van der Waals surface area contributed by atoms with Crippen molar-refractivity contribution in [2.45, 2.75) is 13.0 Å². The molecule has 1 aromatic carbocycles. The van der Waals surface area contributed by atoms with Crippen LogP contribution in [0.3, 0.4) is 0 Å². The Kier molecular flexibility index (Phi) is 4.76. The van der Waals surface area contributed by atoms with E-state index in [4.69, 9.17) is 10.5 Å². The Morgan fingerprint density at radius 3 is 2.81 bits per heavy atom. The van der Waals surface area contributed by atoms with Crippen molar-refractivity contribution < 1.29 is 9.53 Å². The lowest BCUT2D eigenvalue weighted by Crippen LogP contribution is -2.35. The molecule has 0 saturated carbocycles. The first-order valence-electron chi connectivity index (χ1n) is 4.89. The molecule has 0 fully saturated rings. The van der Waals surface area contributed by atoms with Crippen LogP contribution in [-0.4, -0.2) is 25.7 Å². The zero-order valence-corrected chi connectivity index (χ0v) is 10.9. The number of nitrogens with two attached hydrogens (primary N) is 1. The number of anilines is 1. The number of nitrogens with one attached hydrogen (secondary N) is 1. The van der Waals surface area contributed by atoms with Crippen LogP contribution in [0.4, 0.5) is 5.69 Å². The van der Waals surface area contributed by atoms with Crippen LogP contribution >= 0.6 is 15.9 Å². The predicted molar refractivity (Wildman–Crippen MR) is 67.4 cm³/mol. The van der Waals surface area contributed by atoms with Crippen molar-refractivity contribution in [1.29, 1.82) is 0 Å². The lowest BCUT2D eigenvalue weighted by Gasteiger charge is -2.13. The molecule has 0 aliphatic carbocycles. The van der Waals surface area contributed by atoms with E-state index >= 15 is 0 Å². The normalized spacial score (nSPS) is 12.2. The summed E-state index contributed by atoms with van der Waals surface area (Å²) in [6.45, 7) is 2.36. The van der Waals surface area contributed by atoms with Gasteiger partial charge in [0.2, 0.25) is 0 Å². The highest BCUT2D eigenvalue weighted by atomic mass is 79.9. The van der Waals surface area contributed by atoms with Gasteiger partial charge in [-0.2, -0.15) is 0 Å². The molecule has 88 valence electrons. The van der Waals surface area contributed by atoms with Crippen molar-refractivity contribution >= 4 is 27.5 Å². The Bertz CT molecular complexity index is 362. The summed E-state index contributed by atoms with van der Waals surface area (Å²) in [4.78, 5) is 11.8. The van der Waals surface area contributed by atoms with Gasteiger partial charge in [0.15, 0.2) is 0 Å². The van der Waals surface area contributed by atoms with Gasteiger partial charge < -0.3 is 15.8 Å². The van der Waals surface area contributed by atoms with E-state index in [1.807, 2.05) is 6.92 Å². The first kappa shape index (κ1) is 13.0. The summed E-state index contributed by atoms with van der Waals surface area (Å²) in [7, 11) is 1.60. The molecule has 0 unspecified atom stereocenters. The molecule has 0 heterocycles. The van der Waals surface area contributed by atoms with Gasteiger partial charge in [-0.1, -0.05) is 15.9 Å². The van der Waals surface area contributed by atoms with Gasteiger partial charge in [-0.15, -0.1) is 0 Å². The zero-order valence-electron chi connectivity index (χ0n) is 9.29. The third-order valence-corrected chi connectivity index (χ3v) is 2.43.